The molecule has 0 saturated carbocycles. The van der Waals surface area contributed by atoms with Crippen LogP contribution in [0.2, 0.25) is 0 Å². The Bertz CT molecular complexity index is 347. The number of aromatic carboxylic acids is 1. The Morgan fingerprint density at radius 3 is 2.73 bits per heavy atom. The fourth-order valence-electron chi connectivity index (χ4n) is 1.02. The lowest BCUT2D eigenvalue weighted by molar-refractivity contribution is -0.136. The van der Waals surface area contributed by atoms with Gasteiger partial charge in [0.25, 0.3) is 0 Å². The van der Waals surface area contributed by atoms with E-state index >= 15 is 0 Å². The van der Waals surface area contributed by atoms with Gasteiger partial charge in [0, 0.05) is 13.0 Å². The first-order valence-electron chi connectivity index (χ1n) is 4.08. The third kappa shape index (κ3) is 3.56. The van der Waals surface area contributed by atoms with Crippen LogP contribution in [-0.4, -0.2) is 32.2 Å². The van der Waals surface area contributed by atoms with E-state index in [1.54, 1.807) is 0 Å². The fourth-order valence-corrected chi connectivity index (χ4v) is 1.02. The van der Waals surface area contributed by atoms with Crippen molar-refractivity contribution in [2.45, 2.75) is 25.6 Å². The van der Waals surface area contributed by atoms with Crippen molar-refractivity contribution in [2.24, 2.45) is 0 Å². The predicted octanol–water partition coefficient (Wildman–Crippen LogP) is 1.32. The van der Waals surface area contributed by atoms with Gasteiger partial charge in [-0.05, 0) is 6.42 Å². The van der Waals surface area contributed by atoms with Crippen LogP contribution in [0.1, 0.15) is 23.3 Å². The molecule has 1 aromatic rings. The van der Waals surface area contributed by atoms with Gasteiger partial charge < -0.3 is 5.11 Å². The first-order valence-corrected chi connectivity index (χ1v) is 4.08. The summed E-state index contributed by atoms with van der Waals surface area (Å²) in [5.74, 6) is -1.26. The molecule has 0 spiro atoms. The smallest absolute Gasteiger partial charge is 0.389 e. The molecule has 0 aliphatic heterocycles. The third-order valence-corrected chi connectivity index (χ3v) is 1.67. The van der Waals surface area contributed by atoms with E-state index in [9.17, 15) is 18.0 Å². The molecule has 0 unspecified atom stereocenters. The molecule has 0 aliphatic rings. The number of rotatable bonds is 4. The molecule has 1 N–H and O–H groups in total. The zero-order valence-corrected chi connectivity index (χ0v) is 7.53. The van der Waals surface area contributed by atoms with Gasteiger partial charge in [0.1, 0.15) is 0 Å². The maximum Gasteiger partial charge on any atom is 0.389 e. The largest absolute Gasteiger partial charge is 0.476 e. The molecule has 1 heterocycles. The second-order valence-electron chi connectivity index (χ2n) is 2.87. The van der Waals surface area contributed by atoms with Gasteiger partial charge in [0.2, 0.25) is 0 Å². The first kappa shape index (κ1) is 11.5. The Morgan fingerprint density at radius 2 is 2.20 bits per heavy atom. The first-order chi connectivity index (χ1) is 6.90. The lowest BCUT2D eigenvalue weighted by Crippen LogP contribution is -2.13. The van der Waals surface area contributed by atoms with Gasteiger partial charge in [-0.3, -0.25) is 0 Å². The van der Waals surface area contributed by atoms with Crippen molar-refractivity contribution in [3.8, 4) is 0 Å². The topological polar surface area (TPSA) is 68.0 Å². The SMILES string of the molecule is O=C(O)c1cnnn1CCCC(F)(F)F. The molecule has 0 aromatic carbocycles. The van der Waals surface area contributed by atoms with Crippen LogP contribution < -0.4 is 0 Å². The number of aromatic nitrogens is 3. The molecule has 0 amide bonds. The number of hydrogen-bond donors (Lipinski definition) is 1. The molecular formula is C7H8F3N3O2. The Labute approximate surface area is 82.5 Å². The van der Waals surface area contributed by atoms with Gasteiger partial charge in [0.15, 0.2) is 5.69 Å². The predicted molar refractivity (Wildman–Crippen MR) is 42.3 cm³/mol. The highest BCUT2D eigenvalue weighted by molar-refractivity contribution is 5.85. The molecule has 0 aliphatic carbocycles. The van der Waals surface area contributed by atoms with Gasteiger partial charge in [-0.1, -0.05) is 5.21 Å². The Kier molecular flexibility index (Phi) is 3.28. The van der Waals surface area contributed by atoms with Gasteiger partial charge in [-0.2, -0.15) is 13.2 Å². The van der Waals surface area contributed by atoms with E-state index in [-0.39, 0.29) is 18.7 Å². The summed E-state index contributed by atoms with van der Waals surface area (Å²) in [5, 5.41) is 15.3. The van der Waals surface area contributed by atoms with Crippen LogP contribution in [0.4, 0.5) is 13.2 Å². The van der Waals surface area contributed by atoms with Crippen molar-refractivity contribution in [1.29, 1.82) is 0 Å². The van der Waals surface area contributed by atoms with Gasteiger partial charge in [-0.25, -0.2) is 9.48 Å². The average molecular weight is 223 g/mol. The maximum atomic E-state index is 11.8. The molecule has 0 atom stereocenters. The van der Waals surface area contributed by atoms with E-state index < -0.39 is 18.6 Å². The molecule has 8 heteroatoms. The Hall–Kier alpha value is -1.60. The molecule has 5 nitrogen and oxygen atoms in total. The highest BCUT2D eigenvalue weighted by Gasteiger charge is 2.26. The lowest BCUT2D eigenvalue weighted by atomic mass is 10.3. The Morgan fingerprint density at radius 1 is 1.53 bits per heavy atom. The summed E-state index contributed by atoms with van der Waals surface area (Å²) < 4.78 is 36.3. The summed E-state index contributed by atoms with van der Waals surface area (Å²) >= 11 is 0. The van der Waals surface area contributed by atoms with E-state index in [1.807, 2.05) is 0 Å². The van der Waals surface area contributed by atoms with Crippen molar-refractivity contribution in [1.82, 2.24) is 15.0 Å². The van der Waals surface area contributed by atoms with E-state index in [4.69, 9.17) is 5.11 Å². The monoisotopic (exact) mass is 223 g/mol. The van der Waals surface area contributed by atoms with Crippen LogP contribution in [-0.2, 0) is 6.54 Å². The number of carboxylic acid groups (broad SMARTS) is 1. The maximum absolute atomic E-state index is 11.8. The number of carboxylic acids is 1. The van der Waals surface area contributed by atoms with Crippen LogP contribution in [0.25, 0.3) is 0 Å². The van der Waals surface area contributed by atoms with E-state index in [2.05, 4.69) is 10.3 Å². The standard InChI is InChI=1S/C7H8F3N3O2/c8-7(9,10)2-1-3-13-5(6(14)15)4-11-12-13/h4H,1-3H2,(H,14,15). The van der Waals surface area contributed by atoms with E-state index in [0.29, 0.717) is 0 Å². The minimum Gasteiger partial charge on any atom is -0.476 e. The summed E-state index contributed by atoms with van der Waals surface area (Å²) in [6.45, 7) is -0.110. The summed E-state index contributed by atoms with van der Waals surface area (Å²) in [4.78, 5) is 10.5. The molecule has 0 saturated heterocycles. The van der Waals surface area contributed by atoms with Crippen LogP contribution in [0, 0.1) is 0 Å². The fraction of sp³-hybridized carbons (Fsp3) is 0.571. The van der Waals surface area contributed by atoms with Gasteiger partial charge >= 0.3 is 12.1 Å². The van der Waals surface area contributed by atoms with Crippen molar-refractivity contribution >= 4 is 5.97 Å². The summed E-state index contributed by atoms with van der Waals surface area (Å²) in [6.07, 6.45) is -4.42. The Balaban J connectivity index is 2.51. The normalized spacial score (nSPS) is 11.7. The molecule has 15 heavy (non-hydrogen) atoms. The molecule has 0 fully saturated rings. The minimum absolute atomic E-state index is 0.110. The second kappa shape index (κ2) is 4.28. The zero-order chi connectivity index (χ0) is 11.5. The van der Waals surface area contributed by atoms with Crippen LogP contribution in [0.15, 0.2) is 6.20 Å². The second-order valence-corrected chi connectivity index (χ2v) is 2.87. The molecule has 1 aromatic heterocycles. The molecule has 84 valence electrons. The number of nitrogens with zero attached hydrogens (tertiary/aromatic N) is 3. The average Bonchev–Trinajstić information content (AvgIpc) is 2.49. The third-order valence-electron chi connectivity index (χ3n) is 1.67. The van der Waals surface area contributed by atoms with E-state index in [1.165, 1.54) is 0 Å². The number of alkyl halides is 3. The van der Waals surface area contributed by atoms with Crippen molar-refractivity contribution < 1.29 is 23.1 Å². The zero-order valence-electron chi connectivity index (χ0n) is 7.53. The van der Waals surface area contributed by atoms with Crippen LogP contribution in [0.5, 0.6) is 0 Å². The van der Waals surface area contributed by atoms with Crippen LogP contribution >= 0.6 is 0 Å². The number of hydrogen-bond acceptors (Lipinski definition) is 3. The van der Waals surface area contributed by atoms with Crippen molar-refractivity contribution in [3.05, 3.63) is 11.9 Å². The summed E-state index contributed by atoms with van der Waals surface area (Å²) in [6, 6.07) is 0. The highest BCUT2D eigenvalue weighted by atomic mass is 19.4. The number of halogens is 3. The van der Waals surface area contributed by atoms with Crippen LogP contribution in [0.3, 0.4) is 0 Å². The molecular weight excluding hydrogens is 215 g/mol. The van der Waals surface area contributed by atoms with E-state index in [0.717, 1.165) is 10.9 Å². The van der Waals surface area contributed by atoms with Gasteiger partial charge in [0.05, 0.1) is 6.20 Å². The number of carbonyl (C=O) groups is 1. The highest BCUT2D eigenvalue weighted by Crippen LogP contribution is 2.21. The van der Waals surface area contributed by atoms with Crippen molar-refractivity contribution in [2.75, 3.05) is 0 Å². The number of aryl methyl sites for hydroxylation is 1. The molecule has 0 radical (unpaired) electrons. The van der Waals surface area contributed by atoms with Crippen molar-refractivity contribution in [3.63, 3.8) is 0 Å². The summed E-state index contributed by atoms with van der Waals surface area (Å²) in [5.41, 5.74) is -0.211. The van der Waals surface area contributed by atoms with Gasteiger partial charge in [-0.15, -0.1) is 5.10 Å². The molecule has 0 bridgehead atoms. The lowest BCUT2D eigenvalue weighted by Gasteiger charge is -2.06. The minimum atomic E-state index is -4.23. The quantitative estimate of drug-likeness (QED) is 0.835. The summed E-state index contributed by atoms with van der Waals surface area (Å²) in [7, 11) is 0. The molecule has 1 rings (SSSR count).